The highest BCUT2D eigenvalue weighted by molar-refractivity contribution is 9.10. The van der Waals surface area contributed by atoms with Gasteiger partial charge in [-0.15, -0.1) is 0 Å². The van der Waals surface area contributed by atoms with Gasteiger partial charge in [-0.05, 0) is 37.8 Å². The third-order valence-electron chi connectivity index (χ3n) is 5.03. The minimum absolute atomic E-state index is 0.0412. The zero-order valence-electron chi connectivity index (χ0n) is 16.2. The fourth-order valence-corrected chi connectivity index (χ4v) is 3.90. The Morgan fingerprint density at radius 1 is 1.00 bits per heavy atom. The Labute approximate surface area is 176 Å². The molecule has 1 saturated carbocycles. The second kappa shape index (κ2) is 8.36. The molecule has 0 aliphatic heterocycles. The molecule has 2 heterocycles. The third kappa shape index (κ3) is 4.34. The maximum absolute atomic E-state index is 12.0. The van der Waals surface area contributed by atoms with Crippen LogP contribution in [-0.4, -0.2) is 38.8 Å². The molecule has 1 aliphatic carbocycles. The number of aryl methyl sites for hydroxylation is 1. The largest absolute Gasteiger partial charge is 0.494 e. The SMILES string of the molecule is COc1cnc(O[C@H]2CC[C@@H](Oc3cc(Br)cc4ncc(=O)n(C)c34)CC2)nc1. The van der Waals surface area contributed by atoms with Gasteiger partial charge in [0.15, 0.2) is 5.75 Å². The molecule has 8 nitrogen and oxygen atoms in total. The second-order valence-electron chi connectivity index (χ2n) is 6.97. The minimum Gasteiger partial charge on any atom is -0.494 e. The lowest BCUT2D eigenvalue weighted by molar-refractivity contribution is 0.0754. The van der Waals surface area contributed by atoms with Crippen LogP contribution in [0.3, 0.4) is 0 Å². The van der Waals surface area contributed by atoms with Gasteiger partial charge in [-0.1, -0.05) is 15.9 Å². The van der Waals surface area contributed by atoms with Gasteiger partial charge >= 0.3 is 6.01 Å². The number of benzene rings is 1. The molecule has 1 aliphatic rings. The summed E-state index contributed by atoms with van der Waals surface area (Å²) in [6.45, 7) is 0. The van der Waals surface area contributed by atoms with E-state index in [0.717, 1.165) is 30.2 Å². The molecule has 2 aromatic heterocycles. The molecule has 0 spiro atoms. The first-order valence-electron chi connectivity index (χ1n) is 9.38. The summed E-state index contributed by atoms with van der Waals surface area (Å²) in [5, 5.41) is 0. The monoisotopic (exact) mass is 460 g/mol. The van der Waals surface area contributed by atoms with E-state index in [1.807, 2.05) is 12.1 Å². The Morgan fingerprint density at radius 2 is 1.66 bits per heavy atom. The molecule has 0 N–H and O–H groups in total. The third-order valence-corrected chi connectivity index (χ3v) is 5.48. The zero-order valence-corrected chi connectivity index (χ0v) is 17.8. The predicted molar refractivity (Wildman–Crippen MR) is 111 cm³/mol. The molecule has 0 saturated heterocycles. The average molecular weight is 461 g/mol. The summed E-state index contributed by atoms with van der Waals surface area (Å²) in [4.78, 5) is 24.6. The van der Waals surface area contributed by atoms with Gasteiger partial charge in [0.25, 0.3) is 5.56 Å². The van der Waals surface area contributed by atoms with Crippen LogP contribution in [0.25, 0.3) is 11.0 Å². The van der Waals surface area contributed by atoms with E-state index >= 15 is 0 Å². The van der Waals surface area contributed by atoms with Gasteiger partial charge < -0.3 is 18.8 Å². The first-order chi connectivity index (χ1) is 14.0. The van der Waals surface area contributed by atoms with Crippen LogP contribution in [0.15, 0.2) is 40.0 Å². The van der Waals surface area contributed by atoms with E-state index in [1.54, 1.807) is 31.1 Å². The smallest absolute Gasteiger partial charge is 0.316 e. The van der Waals surface area contributed by atoms with Crippen molar-refractivity contribution < 1.29 is 14.2 Å². The van der Waals surface area contributed by atoms with Crippen LogP contribution < -0.4 is 19.8 Å². The maximum Gasteiger partial charge on any atom is 0.316 e. The average Bonchev–Trinajstić information content (AvgIpc) is 2.72. The summed E-state index contributed by atoms with van der Waals surface area (Å²) in [5.74, 6) is 1.25. The van der Waals surface area contributed by atoms with Crippen molar-refractivity contribution in [1.82, 2.24) is 19.5 Å². The number of methoxy groups -OCH3 is 1. The van der Waals surface area contributed by atoms with Gasteiger partial charge in [-0.25, -0.2) is 4.98 Å². The normalized spacial score (nSPS) is 19.1. The summed E-state index contributed by atoms with van der Waals surface area (Å²) in [7, 11) is 3.30. The molecule has 9 heteroatoms. The number of aromatic nitrogens is 4. The van der Waals surface area contributed by atoms with Crippen molar-refractivity contribution in [2.24, 2.45) is 7.05 Å². The van der Waals surface area contributed by atoms with Gasteiger partial charge in [-0.3, -0.25) is 4.79 Å². The topological polar surface area (TPSA) is 88.4 Å². The van der Waals surface area contributed by atoms with E-state index in [-0.39, 0.29) is 17.8 Å². The Bertz CT molecular complexity index is 1060. The summed E-state index contributed by atoms with van der Waals surface area (Å²) in [6, 6.07) is 4.12. The van der Waals surface area contributed by atoms with Crippen LogP contribution in [0.5, 0.6) is 17.5 Å². The van der Waals surface area contributed by atoms with E-state index in [9.17, 15) is 4.79 Å². The van der Waals surface area contributed by atoms with E-state index < -0.39 is 0 Å². The zero-order chi connectivity index (χ0) is 20.4. The summed E-state index contributed by atoms with van der Waals surface area (Å²) >= 11 is 3.50. The number of hydrogen-bond acceptors (Lipinski definition) is 7. The number of ether oxygens (including phenoxy) is 3. The molecule has 1 fully saturated rings. The first-order valence-corrected chi connectivity index (χ1v) is 10.2. The van der Waals surface area contributed by atoms with Crippen molar-refractivity contribution in [2.45, 2.75) is 37.9 Å². The highest BCUT2D eigenvalue weighted by atomic mass is 79.9. The minimum atomic E-state index is -0.165. The van der Waals surface area contributed by atoms with Gasteiger partial charge in [0.2, 0.25) is 0 Å². The summed E-state index contributed by atoms with van der Waals surface area (Å²) in [6.07, 6.45) is 7.94. The van der Waals surface area contributed by atoms with Gasteiger partial charge in [0.05, 0.1) is 37.3 Å². The van der Waals surface area contributed by atoms with E-state index in [4.69, 9.17) is 14.2 Å². The quantitative estimate of drug-likeness (QED) is 0.576. The lowest BCUT2D eigenvalue weighted by Gasteiger charge is -2.29. The lowest BCUT2D eigenvalue weighted by atomic mass is 9.95. The molecule has 29 heavy (non-hydrogen) atoms. The highest BCUT2D eigenvalue weighted by Gasteiger charge is 2.25. The van der Waals surface area contributed by atoms with Gasteiger partial charge in [-0.2, -0.15) is 9.97 Å². The molecule has 0 unspecified atom stereocenters. The number of nitrogens with zero attached hydrogens (tertiary/aromatic N) is 4. The van der Waals surface area contributed by atoms with Crippen molar-refractivity contribution in [3.05, 3.63) is 45.5 Å². The summed E-state index contributed by atoms with van der Waals surface area (Å²) in [5.41, 5.74) is 1.25. The molecule has 0 radical (unpaired) electrons. The van der Waals surface area contributed by atoms with Crippen molar-refractivity contribution in [3.63, 3.8) is 0 Å². The number of rotatable bonds is 5. The lowest BCUT2D eigenvalue weighted by Crippen LogP contribution is -2.30. The second-order valence-corrected chi connectivity index (χ2v) is 7.88. The Morgan fingerprint density at radius 3 is 2.31 bits per heavy atom. The highest BCUT2D eigenvalue weighted by Crippen LogP contribution is 2.32. The van der Waals surface area contributed by atoms with Crippen LogP contribution >= 0.6 is 15.9 Å². The molecular formula is C20H21BrN4O4. The molecule has 152 valence electrons. The predicted octanol–water partition coefficient (Wildman–Crippen LogP) is 3.26. The van der Waals surface area contributed by atoms with Crippen molar-refractivity contribution in [3.8, 4) is 17.5 Å². The van der Waals surface area contributed by atoms with Crippen molar-refractivity contribution in [2.75, 3.05) is 7.11 Å². The maximum atomic E-state index is 12.0. The number of hydrogen-bond donors (Lipinski definition) is 0. The van der Waals surface area contributed by atoms with Crippen LogP contribution in [0.4, 0.5) is 0 Å². The molecular weight excluding hydrogens is 440 g/mol. The van der Waals surface area contributed by atoms with E-state index in [0.29, 0.717) is 28.5 Å². The van der Waals surface area contributed by atoms with Gasteiger partial charge in [0, 0.05) is 11.5 Å². The molecule has 4 rings (SSSR count). The molecule has 0 bridgehead atoms. The Hall–Kier alpha value is -2.68. The fourth-order valence-electron chi connectivity index (χ4n) is 3.47. The fraction of sp³-hybridized carbons (Fsp3) is 0.400. The number of halogens is 1. The standard InChI is InChI=1S/C20H21BrN4O4/c1-25-18(26)11-22-16-7-12(21)8-17(19(16)25)28-13-3-5-14(6-4-13)29-20-23-9-15(27-2)10-24-20/h7-11,13-14H,3-6H2,1-2H3/t13-,14+. The Kier molecular flexibility index (Phi) is 5.66. The Balaban J connectivity index is 1.43. The van der Waals surface area contributed by atoms with E-state index in [1.165, 1.54) is 6.20 Å². The molecule has 1 aromatic carbocycles. The van der Waals surface area contributed by atoms with Crippen molar-refractivity contribution >= 4 is 27.0 Å². The van der Waals surface area contributed by atoms with Crippen LogP contribution in [-0.2, 0) is 7.05 Å². The molecule has 0 atom stereocenters. The van der Waals surface area contributed by atoms with E-state index in [2.05, 4.69) is 30.9 Å². The van der Waals surface area contributed by atoms with Crippen LogP contribution in [0.2, 0.25) is 0 Å². The first kappa shape index (κ1) is 19.6. The number of fused-ring (bicyclic) bond motifs is 1. The summed E-state index contributed by atoms with van der Waals surface area (Å²) < 4.78 is 19.7. The van der Waals surface area contributed by atoms with Crippen LogP contribution in [0, 0.1) is 0 Å². The van der Waals surface area contributed by atoms with Crippen molar-refractivity contribution in [1.29, 1.82) is 0 Å². The van der Waals surface area contributed by atoms with Crippen LogP contribution in [0.1, 0.15) is 25.7 Å². The van der Waals surface area contributed by atoms with Gasteiger partial charge in [0.1, 0.15) is 17.4 Å². The molecule has 0 amide bonds. The molecule has 3 aromatic rings.